The molecule has 3 nitrogen and oxygen atoms in total. The number of esters is 1. The predicted molar refractivity (Wildman–Crippen MR) is 67.2 cm³/mol. The minimum Gasteiger partial charge on any atom is -0.497 e. The molecule has 1 rings (SSSR count). The van der Waals surface area contributed by atoms with Gasteiger partial charge in [-0.3, -0.25) is 4.79 Å². The van der Waals surface area contributed by atoms with Crippen LogP contribution in [0.1, 0.15) is 31.7 Å². The number of carbonyl (C=O) groups is 1. The zero-order chi connectivity index (χ0) is 12.8. The van der Waals surface area contributed by atoms with Gasteiger partial charge in [0.2, 0.25) is 0 Å². The van der Waals surface area contributed by atoms with Gasteiger partial charge in [0.05, 0.1) is 20.1 Å². The van der Waals surface area contributed by atoms with Crippen LogP contribution in [0.2, 0.25) is 0 Å². The lowest BCUT2D eigenvalue weighted by Crippen LogP contribution is -2.20. The molecule has 0 aliphatic carbocycles. The van der Waals surface area contributed by atoms with E-state index in [-0.39, 0.29) is 17.8 Å². The van der Waals surface area contributed by atoms with Crippen LogP contribution in [0.3, 0.4) is 0 Å². The average Bonchev–Trinajstić information content (AvgIpc) is 2.38. The zero-order valence-corrected chi connectivity index (χ0v) is 10.9. The topological polar surface area (TPSA) is 35.5 Å². The molecule has 1 aromatic carbocycles. The normalized spacial score (nSPS) is 13.9. The molecular weight excluding hydrogens is 216 g/mol. The van der Waals surface area contributed by atoms with E-state index in [1.807, 2.05) is 31.2 Å². The van der Waals surface area contributed by atoms with E-state index in [1.165, 1.54) is 7.11 Å². The molecule has 0 bridgehead atoms. The van der Waals surface area contributed by atoms with Gasteiger partial charge in [-0.25, -0.2) is 0 Å². The molecule has 0 aliphatic heterocycles. The molecule has 0 amide bonds. The quantitative estimate of drug-likeness (QED) is 0.737. The summed E-state index contributed by atoms with van der Waals surface area (Å²) in [4.78, 5) is 11.6. The van der Waals surface area contributed by atoms with E-state index in [2.05, 4.69) is 6.92 Å². The van der Waals surface area contributed by atoms with Gasteiger partial charge in [-0.2, -0.15) is 0 Å². The summed E-state index contributed by atoms with van der Waals surface area (Å²) < 4.78 is 10.0. The van der Waals surface area contributed by atoms with Crippen LogP contribution in [0.25, 0.3) is 0 Å². The summed E-state index contributed by atoms with van der Waals surface area (Å²) in [5.41, 5.74) is 1.12. The first-order valence-electron chi connectivity index (χ1n) is 5.85. The molecule has 17 heavy (non-hydrogen) atoms. The highest BCUT2D eigenvalue weighted by Gasteiger charge is 2.24. The lowest BCUT2D eigenvalue weighted by atomic mass is 9.85. The van der Waals surface area contributed by atoms with Gasteiger partial charge >= 0.3 is 5.97 Å². The summed E-state index contributed by atoms with van der Waals surface area (Å²) in [7, 11) is 3.07. The Balaban J connectivity index is 2.96. The van der Waals surface area contributed by atoms with Crippen molar-refractivity contribution in [3.05, 3.63) is 29.8 Å². The predicted octanol–water partition coefficient (Wildman–Crippen LogP) is 3.00. The van der Waals surface area contributed by atoms with Crippen molar-refractivity contribution < 1.29 is 14.3 Å². The van der Waals surface area contributed by atoms with E-state index in [4.69, 9.17) is 9.47 Å². The number of benzene rings is 1. The smallest absolute Gasteiger partial charge is 0.308 e. The van der Waals surface area contributed by atoms with E-state index in [0.29, 0.717) is 0 Å². The maximum absolute atomic E-state index is 11.6. The van der Waals surface area contributed by atoms with Gasteiger partial charge in [-0.1, -0.05) is 26.0 Å². The fraction of sp³-hybridized carbons (Fsp3) is 0.500. The van der Waals surface area contributed by atoms with Gasteiger partial charge in [0, 0.05) is 0 Å². The third-order valence-corrected chi connectivity index (χ3v) is 3.14. The van der Waals surface area contributed by atoms with E-state index < -0.39 is 0 Å². The minimum atomic E-state index is -0.167. The summed E-state index contributed by atoms with van der Waals surface area (Å²) >= 11 is 0. The van der Waals surface area contributed by atoms with Crippen LogP contribution in [0.15, 0.2) is 24.3 Å². The van der Waals surface area contributed by atoms with Crippen LogP contribution in [0.5, 0.6) is 5.75 Å². The Bertz CT molecular complexity index is 373. The van der Waals surface area contributed by atoms with Gasteiger partial charge in [-0.05, 0) is 30.0 Å². The zero-order valence-electron chi connectivity index (χ0n) is 10.9. The number of rotatable bonds is 5. The molecule has 2 unspecified atom stereocenters. The second kappa shape index (κ2) is 6.28. The maximum Gasteiger partial charge on any atom is 0.308 e. The Kier molecular flexibility index (Phi) is 5.01. The van der Waals surface area contributed by atoms with E-state index in [9.17, 15) is 4.79 Å². The van der Waals surface area contributed by atoms with Crippen LogP contribution in [0.4, 0.5) is 0 Å². The van der Waals surface area contributed by atoms with Gasteiger partial charge < -0.3 is 9.47 Å². The molecule has 0 saturated carbocycles. The van der Waals surface area contributed by atoms with Crippen molar-refractivity contribution in [1.82, 2.24) is 0 Å². The monoisotopic (exact) mass is 236 g/mol. The number of hydrogen-bond acceptors (Lipinski definition) is 3. The molecule has 0 radical (unpaired) electrons. The molecule has 1 aromatic rings. The summed E-state index contributed by atoms with van der Waals surface area (Å²) in [5, 5.41) is 0. The molecule has 0 heterocycles. The lowest BCUT2D eigenvalue weighted by Gasteiger charge is -2.21. The highest BCUT2D eigenvalue weighted by molar-refractivity contribution is 5.73. The van der Waals surface area contributed by atoms with Crippen molar-refractivity contribution in [2.75, 3.05) is 14.2 Å². The molecule has 2 atom stereocenters. The van der Waals surface area contributed by atoms with E-state index in [0.717, 1.165) is 17.7 Å². The average molecular weight is 236 g/mol. The fourth-order valence-corrected chi connectivity index (χ4v) is 2.10. The number of methoxy groups -OCH3 is 2. The summed E-state index contributed by atoms with van der Waals surface area (Å²) in [6.45, 7) is 3.98. The van der Waals surface area contributed by atoms with E-state index in [1.54, 1.807) is 7.11 Å². The van der Waals surface area contributed by atoms with Crippen molar-refractivity contribution in [3.63, 3.8) is 0 Å². The SMILES string of the molecule is CCC(c1cccc(OC)c1)C(C)C(=O)OC. The molecule has 0 aromatic heterocycles. The van der Waals surface area contributed by atoms with Crippen molar-refractivity contribution in [2.24, 2.45) is 5.92 Å². The van der Waals surface area contributed by atoms with Crippen molar-refractivity contribution in [3.8, 4) is 5.75 Å². The van der Waals surface area contributed by atoms with Gasteiger partial charge in [0.25, 0.3) is 0 Å². The Hall–Kier alpha value is -1.51. The molecule has 0 fully saturated rings. The van der Waals surface area contributed by atoms with Crippen LogP contribution in [0, 0.1) is 5.92 Å². The minimum absolute atomic E-state index is 0.142. The van der Waals surface area contributed by atoms with Gasteiger partial charge in [0.15, 0.2) is 0 Å². The van der Waals surface area contributed by atoms with E-state index >= 15 is 0 Å². The highest BCUT2D eigenvalue weighted by atomic mass is 16.5. The molecule has 0 saturated heterocycles. The summed E-state index contributed by atoms with van der Waals surface area (Å²) in [6.07, 6.45) is 0.892. The first kappa shape index (κ1) is 13.6. The molecule has 0 N–H and O–H groups in total. The van der Waals surface area contributed by atoms with Crippen LogP contribution < -0.4 is 4.74 Å². The number of hydrogen-bond donors (Lipinski definition) is 0. The summed E-state index contributed by atoms with van der Waals surface area (Å²) in [5.74, 6) is 0.673. The Morgan fingerprint density at radius 3 is 2.59 bits per heavy atom. The Morgan fingerprint density at radius 1 is 1.35 bits per heavy atom. The third-order valence-electron chi connectivity index (χ3n) is 3.14. The Labute approximate surface area is 103 Å². The van der Waals surface area contributed by atoms with Gasteiger partial charge in [0.1, 0.15) is 5.75 Å². The molecule has 94 valence electrons. The first-order chi connectivity index (χ1) is 8.13. The van der Waals surface area contributed by atoms with Crippen LogP contribution >= 0.6 is 0 Å². The second-order valence-electron chi connectivity index (χ2n) is 4.10. The fourth-order valence-electron chi connectivity index (χ4n) is 2.10. The Morgan fingerprint density at radius 2 is 2.06 bits per heavy atom. The standard InChI is InChI=1S/C14H20O3/c1-5-13(10(2)14(15)17-4)11-7-6-8-12(9-11)16-3/h6-10,13H,5H2,1-4H3. The van der Waals surface area contributed by atoms with Crippen LogP contribution in [-0.2, 0) is 9.53 Å². The molecule has 3 heteroatoms. The first-order valence-corrected chi connectivity index (χ1v) is 5.85. The maximum atomic E-state index is 11.6. The third kappa shape index (κ3) is 3.22. The van der Waals surface area contributed by atoms with Crippen LogP contribution in [-0.4, -0.2) is 20.2 Å². The largest absolute Gasteiger partial charge is 0.497 e. The van der Waals surface area contributed by atoms with Gasteiger partial charge in [-0.15, -0.1) is 0 Å². The molecule has 0 aliphatic rings. The molecular formula is C14H20O3. The summed E-state index contributed by atoms with van der Waals surface area (Å²) in [6, 6.07) is 7.85. The number of ether oxygens (including phenoxy) is 2. The molecule has 0 spiro atoms. The number of carbonyl (C=O) groups excluding carboxylic acids is 1. The van der Waals surface area contributed by atoms with Crippen molar-refractivity contribution in [1.29, 1.82) is 0 Å². The lowest BCUT2D eigenvalue weighted by molar-refractivity contribution is -0.145. The highest BCUT2D eigenvalue weighted by Crippen LogP contribution is 2.30. The van der Waals surface area contributed by atoms with Crippen molar-refractivity contribution >= 4 is 5.97 Å². The second-order valence-corrected chi connectivity index (χ2v) is 4.10. The van der Waals surface area contributed by atoms with Crippen molar-refractivity contribution in [2.45, 2.75) is 26.2 Å².